The molecular formula is C32H26N2O4. The van der Waals surface area contributed by atoms with Crippen LogP contribution in [0.15, 0.2) is 84.9 Å². The van der Waals surface area contributed by atoms with Crippen LogP contribution in [0, 0.1) is 23.7 Å². The molecule has 5 aliphatic rings. The zero-order valence-corrected chi connectivity index (χ0v) is 20.7. The molecule has 5 atom stereocenters. The molecule has 1 N–H and O–H groups in total. The van der Waals surface area contributed by atoms with Crippen molar-refractivity contribution in [2.75, 3.05) is 5.32 Å². The number of carbonyl (C=O) groups excluding carboxylic acids is 4. The Kier molecular flexibility index (Phi) is 5.18. The predicted octanol–water partition coefficient (Wildman–Crippen LogP) is 4.65. The first-order valence-corrected chi connectivity index (χ1v) is 13.2. The minimum atomic E-state index is -0.983. The minimum Gasteiger partial charge on any atom is -0.324 e. The van der Waals surface area contributed by atoms with Gasteiger partial charge in [-0.1, -0.05) is 72.8 Å². The summed E-state index contributed by atoms with van der Waals surface area (Å²) in [5.41, 5.74) is 4.22. The van der Waals surface area contributed by atoms with Crippen molar-refractivity contribution in [3.8, 4) is 11.1 Å². The number of imide groups is 1. The molecule has 3 amide bonds. The number of carbonyl (C=O) groups is 4. The van der Waals surface area contributed by atoms with E-state index in [9.17, 15) is 19.2 Å². The van der Waals surface area contributed by atoms with E-state index in [1.165, 1.54) is 4.90 Å². The van der Waals surface area contributed by atoms with Gasteiger partial charge < -0.3 is 5.32 Å². The summed E-state index contributed by atoms with van der Waals surface area (Å²) in [7, 11) is 0. The van der Waals surface area contributed by atoms with E-state index in [-0.39, 0.29) is 47.7 Å². The smallest absolute Gasteiger partial charge is 0.248 e. The van der Waals surface area contributed by atoms with E-state index in [2.05, 4.69) is 17.5 Å². The van der Waals surface area contributed by atoms with Gasteiger partial charge in [0.2, 0.25) is 17.7 Å². The van der Waals surface area contributed by atoms with Crippen LogP contribution in [0.2, 0.25) is 0 Å². The summed E-state index contributed by atoms with van der Waals surface area (Å²) in [4.78, 5) is 55.4. The van der Waals surface area contributed by atoms with Crippen molar-refractivity contribution >= 4 is 29.2 Å². The maximum atomic E-state index is 13.8. The van der Waals surface area contributed by atoms with Crippen LogP contribution >= 0.6 is 0 Å². The highest BCUT2D eigenvalue weighted by Crippen LogP contribution is 2.50. The number of anilines is 1. The van der Waals surface area contributed by atoms with Crippen molar-refractivity contribution in [2.24, 2.45) is 23.7 Å². The Hall–Kier alpha value is -4.32. The summed E-state index contributed by atoms with van der Waals surface area (Å²) < 4.78 is 0. The van der Waals surface area contributed by atoms with Crippen molar-refractivity contribution < 1.29 is 19.2 Å². The quantitative estimate of drug-likeness (QED) is 0.318. The summed E-state index contributed by atoms with van der Waals surface area (Å²) >= 11 is 0. The largest absolute Gasteiger partial charge is 0.324 e. The van der Waals surface area contributed by atoms with Crippen molar-refractivity contribution in [1.29, 1.82) is 0 Å². The maximum absolute atomic E-state index is 13.8. The van der Waals surface area contributed by atoms with Crippen LogP contribution in [0.3, 0.4) is 0 Å². The van der Waals surface area contributed by atoms with Crippen molar-refractivity contribution in [2.45, 2.75) is 25.3 Å². The van der Waals surface area contributed by atoms with Gasteiger partial charge in [-0.2, -0.15) is 0 Å². The highest BCUT2D eigenvalue weighted by molar-refractivity contribution is 6.22. The average Bonchev–Trinajstić information content (AvgIpc) is 3.40. The molecule has 0 aromatic heterocycles. The molecule has 1 heterocycles. The van der Waals surface area contributed by atoms with Gasteiger partial charge in [-0.05, 0) is 53.5 Å². The monoisotopic (exact) mass is 502 g/mol. The number of hydrogen-bond acceptors (Lipinski definition) is 4. The van der Waals surface area contributed by atoms with Crippen LogP contribution < -0.4 is 5.32 Å². The van der Waals surface area contributed by atoms with E-state index in [0.717, 1.165) is 29.5 Å². The lowest BCUT2D eigenvalue weighted by Crippen LogP contribution is -2.49. The second-order valence-corrected chi connectivity index (χ2v) is 10.7. The van der Waals surface area contributed by atoms with Crippen LogP contribution in [0.5, 0.6) is 0 Å². The third-order valence-corrected chi connectivity index (χ3v) is 8.67. The number of rotatable bonds is 5. The third-order valence-electron chi connectivity index (χ3n) is 8.67. The van der Waals surface area contributed by atoms with Gasteiger partial charge in [-0.15, -0.1) is 0 Å². The first-order valence-electron chi connectivity index (χ1n) is 13.2. The molecule has 1 aliphatic heterocycles. The fourth-order valence-electron chi connectivity index (χ4n) is 6.87. The van der Waals surface area contributed by atoms with Gasteiger partial charge in [-0.3, -0.25) is 24.1 Å². The number of fused-ring (bicyclic) bond motifs is 4. The molecule has 3 aromatic rings. The Morgan fingerprint density at radius 3 is 2.03 bits per heavy atom. The van der Waals surface area contributed by atoms with Gasteiger partial charge in [0.05, 0.1) is 11.8 Å². The molecule has 1 saturated carbocycles. The number of allylic oxidation sites excluding steroid dienone is 2. The molecule has 38 heavy (non-hydrogen) atoms. The molecule has 1 saturated heterocycles. The normalized spacial score (nSPS) is 25.3. The lowest BCUT2D eigenvalue weighted by molar-refractivity contribution is -0.146. The number of hydrogen-bond donors (Lipinski definition) is 1. The summed E-state index contributed by atoms with van der Waals surface area (Å²) in [5, 5.41) is 2.92. The van der Waals surface area contributed by atoms with E-state index >= 15 is 0 Å². The number of ketones is 1. The Morgan fingerprint density at radius 2 is 1.37 bits per heavy atom. The molecule has 4 aliphatic carbocycles. The van der Waals surface area contributed by atoms with Gasteiger partial charge >= 0.3 is 0 Å². The van der Waals surface area contributed by atoms with E-state index in [4.69, 9.17) is 0 Å². The third kappa shape index (κ3) is 3.40. The first kappa shape index (κ1) is 22.8. The first-order chi connectivity index (χ1) is 18.5. The minimum absolute atomic E-state index is 0.0521. The molecule has 3 aromatic carbocycles. The maximum Gasteiger partial charge on any atom is 0.248 e. The highest BCUT2D eigenvalue weighted by atomic mass is 16.2. The van der Waals surface area contributed by atoms with Gasteiger partial charge in [0.25, 0.3) is 0 Å². The molecule has 2 fully saturated rings. The highest BCUT2D eigenvalue weighted by Gasteiger charge is 2.58. The Morgan fingerprint density at radius 1 is 0.763 bits per heavy atom. The fourth-order valence-corrected chi connectivity index (χ4v) is 6.87. The number of nitrogens with zero attached hydrogens (tertiary/aromatic N) is 1. The van der Waals surface area contributed by atoms with Crippen LogP contribution in [0.4, 0.5) is 5.69 Å². The molecular weight excluding hydrogens is 476 g/mol. The zero-order chi connectivity index (χ0) is 26.0. The van der Waals surface area contributed by atoms with Gasteiger partial charge in [0.15, 0.2) is 5.78 Å². The van der Waals surface area contributed by atoms with E-state index < -0.39 is 11.9 Å². The standard InChI is InChI=1S/C32H26N2O4/c35-29-24-9-5-4-8-22(24)23-15-14-21(17-25(23)29)33-30(36)26(16-18-6-2-1-3-7-18)34-31(37)27-19-10-11-20(13-12-19)28(27)32(34)38/h1-11,14-15,17,19-20,26-28H,12-13,16H2,(H,33,36)/t19-,20-,26-,27-,28-/m0/s1. The van der Waals surface area contributed by atoms with Crippen molar-refractivity contribution in [3.63, 3.8) is 0 Å². The summed E-state index contributed by atoms with van der Waals surface area (Å²) in [6.45, 7) is 0. The molecule has 6 heteroatoms. The Labute approximate surface area is 220 Å². The summed E-state index contributed by atoms with van der Waals surface area (Å²) in [5.74, 6) is -1.65. The number of nitrogens with one attached hydrogen (secondary N) is 1. The Balaban J connectivity index is 1.21. The predicted molar refractivity (Wildman–Crippen MR) is 142 cm³/mol. The number of benzene rings is 3. The topological polar surface area (TPSA) is 83.6 Å². The summed E-state index contributed by atoms with van der Waals surface area (Å²) in [6.07, 6.45) is 6.18. The van der Waals surface area contributed by atoms with Crippen LogP contribution in [-0.2, 0) is 20.8 Å². The van der Waals surface area contributed by atoms with E-state index in [1.807, 2.05) is 54.6 Å². The molecule has 8 rings (SSSR count). The van der Waals surface area contributed by atoms with Crippen molar-refractivity contribution in [3.05, 3.63) is 102 Å². The average molecular weight is 503 g/mol. The lowest BCUT2D eigenvalue weighted by atomic mass is 9.63. The Bertz CT molecular complexity index is 1510. The van der Waals surface area contributed by atoms with Crippen LogP contribution in [0.1, 0.15) is 34.3 Å². The molecule has 0 unspecified atom stereocenters. The molecule has 6 nitrogen and oxygen atoms in total. The number of amides is 3. The second kappa shape index (κ2) is 8.62. The van der Waals surface area contributed by atoms with E-state index in [1.54, 1.807) is 18.2 Å². The van der Waals surface area contributed by atoms with Crippen molar-refractivity contribution in [1.82, 2.24) is 4.90 Å². The zero-order valence-electron chi connectivity index (χ0n) is 20.7. The molecule has 0 spiro atoms. The SMILES string of the molecule is O=C1c2ccccc2-c2ccc(NC(=O)[C@H](Cc3ccccc3)N3C(=O)[C@@H]4[C@@H](C3=O)[C@H]3C=C[C@H]4CC3)cc21. The fraction of sp³-hybridized carbons (Fsp3) is 0.250. The van der Waals surface area contributed by atoms with Gasteiger partial charge in [0.1, 0.15) is 6.04 Å². The molecule has 0 radical (unpaired) electrons. The lowest BCUT2D eigenvalue weighted by Gasteiger charge is -2.38. The van der Waals surface area contributed by atoms with Crippen LogP contribution in [0.25, 0.3) is 11.1 Å². The second-order valence-electron chi connectivity index (χ2n) is 10.7. The van der Waals surface area contributed by atoms with Crippen LogP contribution in [-0.4, -0.2) is 34.4 Å². The molecule has 188 valence electrons. The molecule has 2 bridgehead atoms. The summed E-state index contributed by atoms with van der Waals surface area (Å²) in [6, 6.07) is 21.2. The van der Waals surface area contributed by atoms with Gasteiger partial charge in [-0.25, -0.2) is 0 Å². The number of likely N-dealkylation sites (tertiary alicyclic amines) is 1. The van der Waals surface area contributed by atoms with Gasteiger partial charge in [0, 0.05) is 23.2 Å². The van der Waals surface area contributed by atoms with E-state index in [0.29, 0.717) is 16.8 Å².